The average molecular weight is 364 g/mol. The van der Waals surface area contributed by atoms with Crippen LogP contribution in [0.2, 0.25) is 0 Å². The number of para-hydroxylation sites is 1. The zero-order valence-corrected chi connectivity index (χ0v) is 13.6. The Kier molecular flexibility index (Phi) is 5.48. The van der Waals surface area contributed by atoms with Crippen LogP contribution in [0, 0.1) is 0 Å². The topological polar surface area (TPSA) is 72.3 Å². The van der Waals surface area contributed by atoms with Gasteiger partial charge in [0, 0.05) is 16.2 Å². The van der Waals surface area contributed by atoms with Gasteiger partial charge in [-0.1, -0.05) is 17.2 Å². The van der Waals surface area contributed by atoms with Crippen molar-refractivity contribution in [1.29, 1.82) is 0 Å². The Bertz CT molecular complexity index is 704. The molecule has 1 N–H and O–H groups in total. The predicted molar refractivity (Wildman–Crippen MR) is 87.3 cm³/mol. The fraction of sp³-hybridized carbons (Fsp3) is 0.133. The van der Waals surface area contributed by atoms with Crippen LogP contribution >= 0.6 is 15.9 Å². The normalized spacial score (nSPS) is 10.5. The molecule has 2 aromatic carbocycles. The lowest BCUT2D eigenvalue weighted by molar-refractivity contribution is 0.181. The molecular formula is C15H14BrN3O3. The first-order valence-electron chi connectivity index (χ1n) is 6.33. The zero-order chi connectivity index (χ0) is 15.9. The van der Waals surface area contributed by atoms with Gasteiger partial charge in [0.15, 0.2) is 0 Å². The second-order valence-electron chi connectivity index (χ2n) is 4.16. The summed E-state index contributed by atoms with van der Waals surface area (Å²) in [6.45, 7) is 0. The Morgan fingerprint density at radius 3 is 2.64 bits per heavy atom. The number of carbonyl (C=O) groups excluding carboxylic acids is 1. The minimum absolute atomic E-state index is 0.436. The molecule has 0 saturated heterocycles. The fourth-order valence-electron chi connectivity index (χ4n) is 1.69. The van der Waals surface area contributed by atoms with Crippen molar-refractivity contribution in [2.45, 2.75) is 0 Å². The minimum atomic E-state index is -0.766. The SMILES string of the molecule is COC(=O)N=Nc1ccc(Nc2ccccc2Br)cc1OC. The number of amides is 1. The van der Waals surface area contributed by atoms with E-state index in [9.17, 15) is 4.79 Å². The van der Waals surface area contributed by atoms with Crippen molar-refractivity contribution < 1.29 is 14.3 Å². The molecular weight excluding hydrogens is 350 g/mol. The maximum atomic E-state index is 11.0. The highest BCUT2D eigenvalue weighted by molar-refractivity contribution is 9.10. The number of ether oxygens (including phenoxy) is 2. The summed E-state index contributed by atoms with van der Waals surface area (Å²) in [6.07, 6.45) is -0.766. The number of nitrogens with zero attached hydrogens (tertiary/aromatic N) is 2. The highest BCUT2D eigenvalue weighted by atomic mass is 79.9. The van der Waals surface area contributed by atoms with Gasteiger partial charge >= 0.3 is 6.09 Å². The molecule has 2 rings (SSSR count). The van der Waals surface area contributed by atoms with E-state index in [2.05, 4.69) is 36.2 Å². The van der Waals surface area contributed by atoms with E-state index in [1.807, 2.05) is 30.3 Å². The standard InChI is InChI=1S/C15H14BrN3O3/c1-21-14-9-10(17-12-6-4-3-5-11(12)16)7-8-13(14)18-19-15(20)22-2/h3-9,17H,1-2H3. The number of halogens is 1. The van der Waals surface area contributed by atoms with Crippen LogP contribution < -0.4 is 10.1 Å². The van der Waals surface area contributed by atoms with Crippen LogP contribution in [-0.2, 0) is 4.74 Å². The van der Waals surface area contributed by atoms with Crippen molar-refractivity contribution in [3.8, 4) is 5.75 Å². The number of azo groups is 1. The molecule has 22 heavy (non-hydrogen) atoms. The Balaban J connectivity index is 2.24. The first kappa shape index (κ1) is 16.0. The van der Waals surface area contributed by atoms with E-state index >= 15 is 0 Å². The van der Waals surface area contributed by atoms with Crippen LogP contribution in [0.1, 0.15) is 0 Å². The van der Waals surface area contributed by atoms with Gasteiger partial charge < -0.3 is 14.8 Å². The van der Waals surface area contributed by atoms with E-state index in [1.54, 1.807) is 12.1 Å². The van der Waals surface area contributed by atoms with Gasteiger partial charge in [-0.15, -0.1) is 5.11 Å². The molecule has 114 valence electrons. The van der Waals surface area contributed by atoms with Crippen molar-refractivity contribution in [2.24, 2.45) is 10.2 Å². The van der Waals surface area contributed by atoms with Crippen LogP contribution in [0.25, 0.3) is 0 Å². The summed E-state index contributed by atoms with van der Waals surface area (Å²) >= 11 is 3.47. The molecule has 2 aromatic rings. The van der Waals surface area contributed by atoms with E-state index in [-0.39, 0.29) is 0 Å². The molecule has 0 spiro atoms. The largest absolute Gasteiger partial charge is 0.494 e. The van der Waals surface area contributed by atoms with E-state index in [0.717, 1.165) is 15.8 Å². The lowest BCUT2D eigenvalue weighted by Crippen LogP contribution is -1.93. The van der Waals surface area contributed by atoms with E-state index in [1.165, 1.54) is 14.2 Å². The Morgan fingerprint density at radius 1 is 1.18 bits per heavy atom. The summed E-state index contributed by atoms with van der Waals surface area (Å²) in [7, 11) is 2.76. The highest BCUT2D eigenvalue weighted by Gasteiger charge is 2.06. The molecule has 7 heteroatoms. The average Bonchev–Trinajstić information content (AvgIpc) is 2.55. The van der Waals surface area contributed by atoms with Crippen LogP contribution in [0.15, 0.2) is 57.2 Å². The van der Waals surface area contributed by atoms with E-state index in [4.69, 9.17) is 4.74 Å². The summed E-state index contributed by atoms with van der Waals surface area (Å²) < 4.78 is 10.6. The van der Waals surface area contributed by atoms with Crippen LogP contribution in [0.4, 0.5) is 21.9 Å². The lowest BCUT2D eigenvalue weighted by atomic mass is 10.2. The number of rotatable bonds is 4. The molecule has 0 bridgehead atoms. The van der Waals surface area contributed by atoms with Gasteiger partial charge in [0.05, 0.1) is 19.9 Å². The molecule has 0 saturated carbocycles. The summed E-state index contributed by atoms with van der Waals surface area (Å²) in [5.41, 5.74) is 2.18. The second kappa shape index (κ2) is 7.56. The second-order valence-corrected chi connectivity index (χ2v) is 5.02. The Hall–Kier alpha value is -2.41. The fourth-order valence-corrected chi connectivity index (χ4v) is 2.08. The zero-order valence-electron chi connectivity index (χ0n) is 12.0. The molecule has 0 aliphatic carbocycles. The van der Waals surface area contributed by atoms with Crippen LogP contribution in [0.3, 0.4) is 0 Å². The molecule has 6 nitrogen and oxygen atoms in total. The number of nitrogens with one attached hydrogen (secondary N) is 1. The smallest absolute Gasteiger partial charge is 0.452 e. The predicted octanol–water partition coefficient (Wildman–Crippen LogP) is 5.05. The molecule has 0 fully saturated rings. The van der Waals surface area contributed by atoms with Gasteiger partial charge in [0.2, 0.25) is 0 Å². The maximum absolute atomic E-state index is 11.0. The van der Waals surface area contributed by atoms with Crippen molar-refractivity contribution in [3.63, 3.8) is 0 Å². The Morgan fingerprint density at radius 2 is 1.95 bits per heavy atom. The maximum Gasteiger partial charge on any atom is 0.452 e. The summed E-state index contributed by atoms with van der Waals surface area (Å²) in [4.78, 5) is 11.0. The van der Waals surface area contributed by atoms with E-state index in [0.29, 0.717) is 11.4 Å². The third kappa shape index (κ3) is 4.05. The van der Waals surface area contributed by atoms with Crippen LogP contribution in [-0.4, -0.2) is 20.3 Å². The third-order valence-corrected chi connectivity index (χ3v) is 3.44. The van der Waals surface area contributed by atoms with Gasteiger partial charge in [-0.25, -0.2) is 4.79 Å². The summed E-state index contributed by atoms with van der Waals surface area (Å²) in [6, 6.07) is 13.0. The summed E-state index contributed by atoms with van der Waals surface area (Å²) in [5, 5.41) is 10.5. The van der Waals surface area contributed by atoms with Gasteiger partial charge in [0.25, 0.3) is 0 Å². The number of anilines is 2. The van der Waals surface area contributed by atoms with Crippen molar-refractivity contribution in [2.75, 3.05) is 19.5 Å². The van der Waals surface area contributed by atoms with Crippen molar-refractivity contribution in [3.05, 3.63) is 46.9 Å². The lowest BCUT2D eigenvalue weighted by Gasteiger charge is -2.10. The highest BCUT2D eigenvalue weighted by Crippen LogP contribution is 2.33. The molecule has 1 amide bonds. The Labute approximate surface area is 136 Å². The molecule has 0 unspecified atom stereocenters. The first-order chi connectivity index (χ1) is 10.6. The van der Waals surface area contributed by atoms with Gasteiger partial charge in [0.1, 0.15) is 11.4 Å². The quantitative estimate of drug-likeness (QED) is 0.771. The molecule has 0 aromatic heterocycles. The van der Waals surface area contributed by atoms with Crippen molar-refractivity contribution >= 4 is 39.1 Å². The van der Waals surface area contributed by atoms with E-state index < -0.39 is 6.09 Å². The number of hydrogen-bond acceptors (Lipinski definition) is 5. The molecule has 0 radical (unpaired) electrons. The van der Waals surface area contributed by atoms with Gasteiger partial charge in [-0.05, 0) is 40.2 Å². The van der Waals surface area contributed by atoms with Crippen LogP contribution in [0.5, 0.6) is 5.75 Å². The number of benzene rings is 2. The van der Waals surface area contributed by atoms with Gasteiger partial charge in [-0.2, -0.15) is 0 Å². The van der Waals surface area contributed by atoms with Gasteiger partial charge in [-0.3, -0.25) is 0 Å². The number of methoxy groups -OCH3 is 2. The van der Waals surface area contributed by atoms with Crippen molar-refractivity contribution in [1.82, 2.24) is 0 Å². The summed E-state index contributed by atoms with van der Waals surface area (Å²) in [5.74, 6) is 0.490. The molecule has 0 atom stereocenters. The molecule has 0 heterocycles. The monoisotopic (exact) mass is 363 g/mol. The minimum Gasteiger partial charge on any atom is -0.494 e. The number of hydrogen-bond donors (Lipinski definition) is 1. The molecule has 0 aliphatic heterocycles. The molecule has 0 aliphatic rings. The third-order valence-electron chi connectivity index (χ3n) is 2.75. The first-order valence-corrected chi connectivity index (χ1v) is 7.12. The number of carbonyl (C=O) groups is 1.